The molecule has 1 aliphatic heterocycles. The van der Waals surface area contributed by atoms with Crippen molar-refractivity contribution in [1.82, 2.24) is 4.90 Å². The highest BCUT2D eigenvalue weighted by atomic mass is 16.4. The lowest BCUT2D eigenvalue weighted by Gasteiger charge is -2.35. The quantitative estimate of drug-likeness (QED) is 0.810. The van der Waals surface area contributed by atoms with Crippen LogP contribution in [-0.4, -0.2) is 45.7 Å². The van der Waals surface area contributed by atoms with Crippen molar-refractivity contribution in [3.8, 4) is 0 Å². The molecule has 0 spiro atoms. The van der Waals surface area contributed by atoms with Crippen molar-refractivity contribution in [2.75, 3.05) is 6.54 Å². The fraction of sp³-hybridized carbons (Fsp3) is 0.385. The van der Waals surface area contributed by atoms with Crippen molar-refractivity contribution < 1.29 is 19.8 Å². The molecule has 1 aromatic rings. The van der Waals surface area contributed by atoms with E-state index in [0.717, 1.165) is 0 Å². The van der Waals surface area contributed by atoms with Crippen LogP contribution in [0.25, 0.3) is 0 Å². The number of aliphatic carboxylic acids is 1. The van der Waals surface area contributed by atoms with Gasteiger partial charge in [-0.1, -0.05) is 18.2 Å². The molecule has 2 N–H and O–H groups in total. The smallest absolute Gasteiger partial charge is 0.326 e. The van der Waals surface area contributed by atoms with Gasteiger partial charge in [-0.25, -0.2) is 4.79 Å². The van der Waals surface area contributed by atoms with Gasteiger partial charge in [0.1, 0.15) is 6.04 Å². The van der Waals surface area contributed by atoms with E-state index in [-0.39, 0.29) is 18.9 Å². The number of likely N-dealkylation sites (tertiary alicyclic amines) is 1. The summed E-state index contributed by atoms with van der Waals surface area (Å²) >= 11 is 0. The van der Waals surface area contributed by atoms with Gasteiger partial charge in [0, 0.05) is 12.1 Å². The molecule has 1 aliphatic rings. The molecule has 0 bridgehead atoms. The number of rotatable bonds is 2. The minimum atomic E-state index is -1.02. The van der Waals surface area contributed by atoms with Crippen LogP contribution in [0.4, 0.5) is 0 Å². The summed E-state index contributed by atoms with van der Waals surface area (Å²) in [6.07, 6.45) is 0.0539. The molecule has 1 fully saturated rings. The molecule has 0 unspecified atom stereocenters. The monoisotopic (exact) mass is 249 g/mol. The zero-order valence-electron chi connectivity index (χ0n) is 9.82. The van der Waals surface area contributed by atoms with Gasteiger partial charge in [-0.05, 0) is 25.0 Å². The second-order valence-electron chi connectivity index (χ2n) is 4.41. The van der Waals surface area contributed by atoms with Gasteiger partial charge in [0.15, 0.2) is 0 Å². The van der Waals surface area contributed by atoms with E-state index in [1.54, 1.807) is 30.3 Å². The van der Waals surface area contributed by atoms with E-state index < -0.39 is 18.1 Å². The fourth-order valence-corrected chi connectivity index (χ4v) is 2.18. The van der Waals surface area contributed by atoms with Crippen LogP contribution in [0.2, 0.25) is 0 Å². The maximum Gasteiger partial charge on any atom is 0.326 e. The lowest BCUT2D eigenvalue weighted by atomic mass is 9.99. The first-order valence-corrected chi connectivity index (χ1v) is 5.86. The van der Waals surface area contributed by atoms with Crippen LogP contribution in [0.3, 0.4) is 0 Å². The SMILES string of the molecule is O=C(O)[C@H]1CC[C@H](O)CN1C(=O)c1ccccc1. The van der Waals surface area contributed by atoms with E-state index in [2.05, 4.69) is 0 Å². The van der Waals surface area contributed by atoms with Gasteiger partial charge >= 0.3 is 5.97 Å². The number of piperidine rings is 1. The molecular formula is C13H15NO4. The second kappa shape index (κ2) is 5.18. The molecule has 0 aliphatic carbocycles. The molecule has 1 heterocycles. The number of carboxylic acids is 1. The standard InChI is InChI=1S/C13H15NO4/c15-10-6-7-11(13(17)18)14(8-10)12(16)9-4-2-1-3-5-9/h1-5,10-11,15H,6-8H2,(H,17,18)/t10-,11+/m0/s1. The molecule has 2 rings (SSSR count). The molecular weight excluding hydrogens is 234 g/mol. The van der Waals surface area contributed by atoms with Crippen molar-refractivity contribution in [3.05, 3.63) is 35.9 Å². The molecule has 0 aromatic heterocycles. The van der Waals surface area contributed by atoms with Crippen molar-refractivity contribution in [2.24, 2.45) is 0 Å². The second-order valence-corrected chi connectivity index (χ2v) is 4.41. The summed E-state index contributed by atoms with van der Waals surface area (Å²) < 4.78 is 0. The first-order valence-electron chi connectivity index (χ1n) is 5.86. The Morgan fingerprint density at radius 1 is 1.17 bits per heavy atom. The largest absolute Gasteiger partial charge is 0.480 e. The van der Waals surface area contributed by atoms with Gasteiger partial charge in [0.25, 0.3) is 5.91 Å². The minimum absolute atomic E-state index is 0.0741. The van der Waals surface area contributed by atoms with E-state index >= 15 is 0 Å². The number of benzene rings is 1. The van der Waals surface area contributed by atoms with Gasteiger partial charge in [-0.15, -0.1) is 0 Å². The number of hydrogen-bond acceptors (Lipinski definition) is 3. The first kappa shape index (κ1) is 12.6. The Balaban J connectivity index is 2.23. The summed E-state index contributed by atoms with van der Waals surface area (Å²) in [5.74, 6) is -1.37. The maximum absolute atomic E-state index is 12.2. The molecule has 0 saturated carbocycles. The molecule has 18 heavy (non-hydrogen) atoms. The Bertz CT molecular complexity index is 446. The predicted octanol–water partition coefficient (Wildman–Crippen LogP) is 0.737. The van der Waals surface area contributed by atoms with Crippen LogP contribution in [0.15, 0.2) is 30.3 Å². The highest BCUT2D eigenvalue weighted by Gasteiger charge is 2.35. The molecule has 5 nitrogen and oxygen atoms in total. The van der Waals surface area contributed by atoms with E-state index in [9.17, 15) is 14.7 Å². The van der Waals surface area contributed by atoms with Crippen LogP contribution >= 0.6 is 0 Å². The van der Waals surface area contributed by atoms with Crippen LogP contribution in [0.1, 0.15) is 23.2 Å². The van der Waals surface area contributed by atoms with Crippen molar-refractivity contribution in [3.63, 3.8) is 0 Å². The average molecular weight is 249 g/mol. The number of carbonyl (C=O) groups is 2. The van der Waals surface area contributed by atoms with Gasteiger partial charge in [-0.3, -0.25) is 4.79 Å². The number of nitrogens with zero attached hydrogens (tertiary/aromatic N) is 1. The highest BCUT2D eigenvalue weighted by Crippen LogP contribution is 2.20. The van der Waals surface area contributed by atoms with Crippen LogP contribution in [-0.2, 0) is 4.79 Å². The lowest BCUT2D eigenvalue weighted by Crippen LogP contribution is -2.52. The normalized spacial score (nSPS) is 23.7. The number of carboxylic acid groups (broad SMARTS) is 1. The molecule has 1 saturated heterocycles. The summed E-state index contributed by atoms with van der Waals surface area (Å²) in [4.78, 5) is 24.6. The molecule has 1 aromatic carbocycles. The van der Waals surface area contributed by atoms with E-state index in [1.165, 1.54) is 4.90 Å². The Morgan fingerprint density at radius 2 is 1.83 bits per heavy atom. The summed E-state index contributed by atoms with van der Waals surface area (Å²) in [6, 6.07) is 7.68. The topological polar surface area (TPSA) is 77.8 Å². The Labute approximate surface area is 105 Å². The van der Waals surface area contributed by atoms with E-state index in [1.807, 2.05) is 0 Å². The summed E-state index contributed by atoms with van der Waals surface area (Å²) in [5, 5.41) is 18.7. The number of aliphatic hydroxyl groups is 1. The third-order valence-electron chi connectivity index (χ3n) is 3.12. The van der Waals surface area contributed by atoms with Crippen molar-refractivity contribution >= 4 is 11.9 Å². The van der Waals surface area contributed by atoms with Crippen LogP contribution in [0, 0.1) is 0 Å². The zero-order valence-corrected chi connectivity index (χ0v) is 9.82. The van der Waals surface area contributed by atoms with E-state index in [0.29, 0.717) is 12.0 Å². The molecule has 2 atom stereocenters. The van der Waals surface area contributed by atoms with Crippen molar-refractivity contribution in [1.29, 1.82) is 0 Å². The Kier molecular flexibility index (Phi) is 3.62. The Hall–Kier alpha value is -1.88. The van der Waals surface area contributed by atoms with Gasteiger partial charge in [0.05, 0.1) is 6.10 Å². The van der Waals surface area contributed by atoms with Gasteiger partial charge in [-0.2, -0.15) is 0 Å². The van der Waals surface area contributed by atoms with Gasteiger partial charge < -0.3 is 15.1 Å². The molecule has 96 valence electrons. The average Bonchev–Trinajstić information content (AvgIpc) is 2.38. The fourth-order valence-electron chi connectivity index (χ4n) is 2.18. The minimum Gasteiger partial charge on any atom is -0.480 e. The number of aliphatic hydroxyl groups excluding tert-OH is 1. The van der Waals surface area contributed by atoms with Crippen LogP contribution in [0.5, 0.6) is 0 Å². The third-order valence-corrected chi connectivity index (χ3v) is 3.12. The van der Waals surface area contributed by atoms with E-state index in [4.69, 9.17) is 5.11 Å². The molecule has 1 amide bonds. The summed E-state index contributed by atoms with van der Waals surface area (Å²) in [5.41, 5.74) is 0.442. The van der Waals surface area contributed by atoms with Crippen molar-refractivity contribution in [2.45, 2.75) is 25.0 Å². The number of carbonyl (C=O) groups excluding carboxylic acids is 1. The number of hydrogen-bond donors (Lipinski definition) is 2. The first-order chi connectivity index (χ1) is 8.59. The van der Waals surface area contributed by atoms with Crippen LogP contribution < -0.4 is 0 Å². The third kappa shape index (κ3) is 2.51. The predicted molar refractivity (Wildman–Crippen MR) is 64.1 cm³/mol. The lowest BCUT2D eigenvalue weighted by molar-refractivity contribution is -0.144. The van der Waals surface area contributed by atoms with Gasteiger partial charge in [0.2, 0.25) is 0 Å². The molecule has 5 heteroatoms. The molecule has 0 radical (unpaired) electrons. The summed E-state index contributed by atoms with van der Waals surface area (Å²) in [7, 11) is 0. The Morgan fingerprint density at radius 3 is 2.44 bits per heavy atom. The number of β-amino-alcohol motifs (C(OH)–C–C–N with tert-alkyl or cyclic N) is 1. The highest BCUT2D eigenvalue weighted by molar-refractivity contribution is 5.96. The number of amides is 1. The zero-order chi connectivity index (χ0) is 13.1. The maximum atomic E-state index is 12.2. The summed E-state index contributed by atoms with van der Waals surface area (Å²) in [6.45, 7) is 0.0741.